The van der Waals surface area contributed by atoms with Gasteiger partial charge in [0.05, 0.1) is 12.2 Å². The van der Waals surface area contributed by atoms with Crippen LogP contribution < -0.4 is 0 Å². The Balaban J connectivity index is 1.28. The van der Waals surface area contributed by atoms with E-state index < -0.39 is 0 Å². The molecule has 0 heterocycles. The normalized spacial score (nSPS) is 26.5. The molecular formula is C30H43NO. The zero-order valence-electron chi connectivity index (χ0n) is 20.2. The summed E-state index contributed by atoms with van der Waals surface area (Å²) in [7, 11) is 0. The maximum atomic E-state index is 8.49. The molecule has 2 saturated carbocycles. The molecule has 2 fully saturated rings. The number of rotatable bonds is 11. The Morgan fingerprint density at radius 2 is 1.66 bits per heavy atom. The molecule has 0 aromatic heterocycles. The molecule has 2 nitrogen and oxygen atoms in total. The van der Waals surface area contributed by atoms with Crippen molar-refractivity contribution in [3.63, 3.8) is 0 Å². The second-order valence-electron chi connectivity index (χ2n) is 10.0. The smallest absolute Gasteiger partial charge is 0.0912 e. The second kappa shape index (κ2) is 14.3. The number of nitrogens with zero attached hydrogens (tertiary/aromatic N) is 1. The lowest BCUT2D eigenvalue weighted by molar-refractivity contribution is -0.00474. The van der Waals surface area contributed by atoms with Gasteiger partial charge in [-0.1, -0.05) is 68.7 Å². The minimum Gasteiger partial charge on any atom is -0.378 e. The molecule has 0 spiro atoms. The van der Waals surface area contributed by atoms with Crippen LogP contribution in [0.2, 0.25) is 0 Å². The SMILES string of the molecule is CCCCc1ccc(C2CCC(OCC3CCC(CC/C=C/C=C/C#N)CC3)CC2)cc1. The van der Waals surface area contributed by atoms with Crippen LogP contribution in [-0.4, -0.2) is 12.7 Å². The monoisotopic (exact) mass is 433 g/mol. The van der Waals surface area contributed by atoms with Gasteiger partial charge in [-0.3, -0.25) is 0 Å². The van der Waals surface area contributed by atoms with Gasteiger partial charge in [-0.05, 0) is 93.1 Å². The third-order valence-corrected chi connectivity index (χ3v) is 7.64. The molecule has 1 aromatic carbocycles. The predicted octanol–water partition coefficient (Wildman–Crippen LogP) is 8.29. The summed E-state index contributed by atoms with van der Waals surface area (Å²) >= 11 is 0. The molecule has 0 N–H and O–H groups in total. The van der Waals surface area contributed by atoms with Gasteiger partial charge in [0.1, 0.15) is 0 Å². The highest BCUT2D eigenvalue weighted by molar-refractivity contribution is 5.26. The molecule has 0 bridgehead atoms. The standard InChI is InChI=1S/C30H43NO/c1-2-3-9-25-15-17-28(18-16-25)29-19-21-30(22-20-29)32-24-27-13-11-26(12-14-27)10-7-5-4-6-8-23-31/h4-6,8,15-18,26-27,29-30H,2-3,7,9-14,19-22,24H2,1H3/b5-4+,8-6+. The first-order chi connectivity index (χ1) is 15.8. The summed E-state index contributed by atoms with van der Waals surface area (Å²) < 4.78 is 6.40. The van der Waals surface area contributed by atoms with E-state index in [4.69, 9.17) is 10.00 Å². The van der Waals surface area contributed by atoms with Gasteiger partial charge in [-0.2, -0.15) is 5.26 Å². The van der Waals surface area contributed by atoms with Crippen molar-refractivity contribution < 1.29 is 4.74 Å². The summed E-state index contributed by atoms with van der Waals surface area (Å²) in [5.41, 5.74) is 3.03. The summed E-state index contributed by atoms with van der Waals surface area (Å²) in [4.78, 5) is 0. The first kappa shape index (κ1) is 24.8. The number of benzene rings is 1. The van der Waals surface area contributed by atoms with Gasteiger partial charge in [0.15, 0.2) is 0 Å². The number of aryl methyl sites for hydroxylation is 1. The van der Waals surface area contributed by atoms with Gasteiger partial charge in [0.2, 0.25) is 0 Å². The zero-order valence-corrected chi connectivity index (χ0v) is 20.2. The van der Waals surface area contributed by atoms with Crippen LogP contribution in [0.25, 0.3) is 0 Å². The van der Waals surface area contributed by atoms with E-state index in [2.05, 4.69) is 37.3 Å². The van der Waals surface area contributed by atoms with E-state index in [1.54, 1.807) is 0 Å². The van der Waals surface area contributed by atoms with Gasteiger partial charge >= 0.3 is 0 Å². The molecule has 174 valence electrons. The number of allylic oxidation sites excluding steroid dienone is 4. The number of nitriles is 1. The van der Waals surface area contributed by atoms with Crippen LogP contribution in [0.1, 0.15) is 101 Å². The van der Waals surface area contributed by atoms with Crippen molar-refractivity contribution in [3.05, 3.63) is 59.7 Å². The Kier molecular flexibility index (Phi) is 11.1. The Hall–Kier alpha value is -1.85. The molecule has 0 saturated heterocycles. The minimum absolute atomic E-state index is 0.486. The predicted molar refractivity (Wildman–Crippen MR) is 135 cm³/mol. The van der Waals surface area contributed by atoms with Crippen molar-refractivity contribution in [1.29, 1.82) is 5.26 Å². The van der Waals surface area contributed by atoms with Gasteiger partial charge < -0.3 is 4.74 Å². The van der Waals surface area contributed by atoms with E-state index in [-0.39, 0.29) is 0 Å². The van der Waals surface area contributed by atoms with E-state index in [0.29, 0.717) is 6.10 Å². The number of unbranched alkanes of at least 4 members (excludes halogenated alkanes) is 1. The van der Waals surface area contributed by atoms with Crippen molar-refractivity contribution in [1.82, 2.24) is 0 Å². The minimum atomic E-state index is 0.486. The lowest BCUT2D eigenvalue weighted by atomic mass is 9.80. The summed E-state index contributed by atoms with van der Waals surface area (Å²) in [5.74, 6) is 2.38. The second-order valence-corrected chi connectivity index (χ2v) is 10.0. The molecule has 0 radical (unpaired) electrons. The first-order valence-electron chi connectivity index (χ1n) is 13.2. The highest BCUT2D eigenvalue weighted by Crippen LogP contribution is 2.36. The van der Waals surface area contributed by atoms with Crippen molar-refractivity contribution in [2.24, 2.45) is 11.8 Å². The van der Waals surface area contributed by atoms with Crippen LogP contribution in [0, 0.1) is 23.2 Å². The van der Waals surface area contributed by atoms with Crippen LogP contribution in [-0.2, 0) is 11.2 Å². The summed E-state index contributed by atoms with van der Waals surface area (Å²) in [6, 6.07) is 11.5. The Bertz CT molecular complexity index is 725. The first-order valence-corrected chi connectivity index (χ1v) is 13.2. The zero-order chi connectivity index (χ0) is 22.4. The molecule has 32 heavy (non-hydrogen) atoms. The lowest BCUT2D eigenvalue weighted by Gasteiger charge is -2.32. The molecular weight excluding hydrogens is 390 g/mol. The number of hydrogen-bond acceptors (Lipinski definition) is 2. The molecule has 0 unspecified atom stereocenters. The van der Waals surface area contributed by atoms with Crippen molar-refractivity contribution in [2.75, 3.05) is 6.61 Å². The summed E-state index contributed by atoms with van der Waals surface area (Å²) in [6.07, 6.45) is 24.6. The van der Waals surface area contributed by atoms with Gasteiger partial charge in [-0.15, -0.1) is 0 Å². The van der Waals surface area contributed by atoms with Crippen molar-refractivity contribution in [2.45, 2.75) is 102 Å². The molecule has 0 atom stereocenters. The van der Waals surface area contributed by atoms with E-state index in [1.807, 2.05) is 18.2 Å². The number of hydrogen-bond donors (Lipinski definition) is 0. The number of ether oxygens (including phenoxy) is 1. The van der Waals surface area contributed by atoms with E-state index in [9.17, 15) is 0 Å². The largest absolute Gasteiger partial charge is 0.378 e. The average Bonchev–Trinajstić information content (AvgIpc) is 2.85. The Labute approximate surface area is 196 Å². The molecule has 0 amide bonds. The van der Waals surface area contributed by atoms with Crippen LogP contribution in [0.15, 0.2) is 48.6 Å². The molecule has 0 aliphatic heterocycles. The van der Waals surface area contributed by atoms with Gasteiger partial charge in [0.25, 0.3) is 0 Å². The summed E-state index contributed by atoms with van der Waals surface area (Å²) in [6.45, 7) is 3.24. The van der Waals surface area contributed by atoms with Crippen molar-refractivity contribution in [3.8, 4) is 6.07 Å². The van der Waals surface area contributed by atoms with E-state index in [1.165, 1.54) is 94.3 Å². The Morgan fingerprint density at radius 3 is 2.34 bits per heavy atom. The fourth-order valence-corrected chi connectivity index (χ4v) is 5.46. The molecule has 3 rings (SSSR count). The van der Waals surface area contributed by atoms with E-state index in [0.717, 1.165) is 30.8 Å². The van der Waals surface area contributed by atoms with E-state index >= 15 is 0 Å². The van der Waals surface area contributed by atoms with Crippen LogP contribution in [0.5, 0.6) is 0 Å². The lowest BCUT2D eigenvalue weighted by Crippen LogP contribution is -2.25. The van der Waals surface area contributed by atoms with Crippen LogP contribution >= 0.6 is 0 Å². The third kappa shape index (κ3) is 8.59. The summed E-state index contributed by atoms with van der Waals surface area (Å²) in [5, 5.41) is 8.49. The van der Waals surface area contributed by atoms with Gasteiger partial charge in [-0.25, -0.2) is 0 Å². The maximum Gasteiger partial charge on any atom is 0.0912 e. The maximum absolute atomic E-state index is 8.49. The molecule has 2 aliphatic rings. The fourth-order valence-electron chi connectivity index (χ4n) is 5.46. The van der Waals surface area contributed by atoms with Crippen LogP contribution in [0.3, 0.4) is 0 Å². The third-order valence-electron chi connectivity index (χ3n) is 7.64. The fraction of sp³-hybridized carbons (Fsp3) is 0.633. The molecule has 1 aromatic rings. The topological polar surface area (TPSA) is 33.0 Å². The van der Waals surface area contributed by atoms with Crippen molar-refractivity contribution >= 4 is 0 Å². The highest BCUT2D eigenvalue weighted by atomic mass is 16.5. The quantitative estimate of drug-likeness (QED) is 0.260. The van der Waals surface area contributed by atoms with Crippen LogP contribution in [0.4, 0.5) is 0 Å². The molecule has 2 aliphatic carbocycles. The molecule has 2 heteroatoms. The average molecular weight is 434 g/mol. The highest BCUT2D eigenvalue weighted by Gasteiger charge is 2.25. The Morgan fingerprint density at radius 1 is 0.938 bits per heavy atom. The van der Waals surface area contributed by atoms with Gasteiger partial charge in [0, 0.05) is 12.7 Å².